The summed E-state index contributed by atoms with van der Waals surface area (Å²) in [4.78, 5) is 14.5. The molecule has 0 aliphatic heterocycles. The van der Waals surface area contributed by atoms with Crippen LogP contribution >= 0.6 is 0 Å². The van der Waals surface area contributed by atoms with Crippen molar-refractivity contribution in [1.82, 2.24) is 0 Å². The lowest BCUT2D eigenvalue weighted by molar-refractivity contribution is -0.142. The minimum Gasteiger partial charge on any atom is -0.479 e. The maximum absolute atomic E-state index is 10.0. The van der Waals surface area contributed by atoms with Gasteiger partial charge in [-0.1, -0.05) is 12.1 Å². The molecule has 1 N–H and O–H groups in total. The van der Waals surface area contributed by atoms with Gasteiger partial charge in [-0.15, -0.1) is 0 Å². The van der Waals surface area contributed by atoms with Crippen molar-refractivity contribution >= 4 is 11.7 Å². The number of oxime groups is 1. The number of carbonyl (C=O) groups is 1. The summed E-state index contributed by atoms with van der Waals surface area (Å²) in [5.74, 6) is -1.04. The molecule has 0 aromatic rings. The Morgan fingerprint density at radius 2 is 2.17 bits per heavy atom. The first-order chi connectivity index (χ1) is 5.70. The molecule has 0 saturated carbocycles. The Kier molecular flexibility index (Phi) is 6.00. The number of methoxy groups -OCH3 is 1. The number of carboxylic acids is 1. The summed E-state index contributed by atoms with van der Waals surface area (Å²) in [5.41, 5.74) is 0.693. The van der Waals surface area contributed by atoms with Crippen LogP contribution in [0.3, 0.4) is 0 Å². The van der Waals surface area contributed by atoms with Crippen molar-refractivity contribution < 1.29 is 19.5 Å². The molecule has 0 aliphatic carbocycles. The van der Waals surface area contributed by atoms with Gasteiger partial charge in [0.25, 0.3) is 0 Å². The van der Waals surface area contributed by atoms with E-state index >= 15 is 0 Å². The first-order valence-electron chi connectivity index (χ1n) is 3.59. The molecule has 0 aliphatic rings. The van der Waals surface area contributed by atoms with Crippen LogP contribution in [0.2, 0.25) is 0 Å². The Hall–Kier alpha value is -1.10. The van der Waals surface area contributed by atoms with Gasteiger partial charge in [0.1, 0.15) is 0 Å². The molecule has 0 aromatic carbocycles. The average Bonchev–Trinajstić information content (AvgIpc) is 2.02. The van der Waals surface area contributed by atoms with E-state index in [9.17, 15) is 4.79 Å². The maximum atomic E-state index is 10.0. The van der Waals surface area contributed by atoms with Crippen LogP contribution in [0.4, 0.5) is 0 Å². The van der Waals surface area contributed by atoms with Crippen molar-refractivity contribution in [3.8, 4) is 0 Å². The molecular weight excluding hydrogens is 162 g/mol. The molecule has 0 rings (SSSR count). The normalized spacial score (nSPS) is 11.3. The highest BCUT2D eigenvalue weighted by molar-refractivity contribution is 5.84. The zero-order valence-corrected chi connectivity index (χ0v) is 7.24. The fourth-order valence-corrected chi connectivity index (χ4v) is 0.538. The Balaban J connectivity index is 3.69. The summed E-state index contributed by atoms with van der Waals surface area (Å²) in [5, 5.41) is 11.8. The highest BCUT2D eigenvalue weighted by atomic mass is 16.6. The van der Waals surface area contributed by atoms with Crippen molar-refractivity contribution in [2.75, 3.05) is 20.3 Å². The van der Waals surface area contributed by atoms with Crippen LogP contribution in [-0.4, -0.2) is 37.1 Å². The van der Waals surface area contributed by atoms with Gasteiger partial charge < -0.3 is 14.7 Å². The molecule has 0 fully saturated rings. The van der Waals surface area contributed by atoms with Crippen molar-refractivity contribution in [2.24, 2.45) is 5.16 Å². The number of nitrogens with zero attached hydrogens (tertiary/aromatic N) is 1. The van der Waals surface area contributed by atoms with E-state index in [-0.39, 0.29) is 0 Å². The van der Waals surface area contributed by atoms with Crippen molar-refractivity contribution in [3.05, 3.63) is 0 Å². The summed E-state index contributed by atoms with van der Waals surface area (Å²) >= 11 is 0. The monoisotopic (exact) mass is 175 g/mol. The van der Waals surface area contributed by atoms with Crippen LogP contribution in [0.5, 0.6) is 0 Å². The largest absolute Gasteiger partial charge is 0.479 e. The molecule has 5 nitrogen and oxygen atoms in total. The predicted octanol–water partition coefficient (Wildman–Crippen LogP) is 0.500. The van der Waals surface area contributed by atoms with Crippen molar-refractivity contribution in [3.63, 3.8) is 0 Å². The molecule has 0 unspecified atom stereocenters. The Morgan fingerprint density at radius 1 is 1.50 bits per heavy atom. The molecule has 70 valence electrons. The number of hydrogen-bond donors (Lipinski definition) is 1. The van der Waals surface area contributed by atoms with Crippen molar-refractivity contribution in [2.45, 2.75) is 13.3 Å². The lowest BCUT2D eigenvalue weighted by Crippen LogP contribution is -2.09. The second kappa shape index (κ2) is 6.60. The molecule has 0 heterocycles. The number of ether oxygens (including phenoxy) is 1. The summed E-state index contributed by atoms with van der Waals surface area (Å²) in [6.07, 6.45) is 0.688. The molecule has 0 amide bonds. The lowest BCUT2D eigenvalue weighted by Gasteiger charge is -2.00. The standard InChI is InChI=1S/C7H13NO4/c1-3-6(4-11-2)8-12-5-7(9)10/h3-5H2,1-2H3,(H,9,10). The Labute approximate surface area is 71.0 Å². The number of hydrogen-bond acceptors (Lipinski definition) is 4. The third kappa shape index (κ3) is 5.67. The van der Waals surface area contributed by atoms with Gasteiger partial charge in [-0.3, -0.25) is 0 Å². The van der Waals surface area contributed by atoms with Gasteiger partial charge in [0.2, 0.25) is 6.61 Å². The summed E-state index contributed by atoms with van der Waals surface area (Å²) in [6.45, 7) is 1.85. The molecule has 5 heteroatoms. The first kappa shape index (κ1) is 10.9. The lowest BCUT2D eigenvalue weighted by atomic mass is 10.3. The molecular formula is C7H13NO4. The van der Waals surface area contributed by atoms with Crippen LogP contribution in [0.25, 0.3) is 0 Å². The van der Waals surface area contributed by atoms with E-state index in [4.69, 9.17) is 9.84 Å². The number of aliphatic carboxylic acids is 1. The smallest absolute Gasteiger partial charge is 0.344 e. The fourth-order valence-electron chi connectivity index (χ4n) is 0.538. The zero-order chi connectivity index (χ0) is 9.40. The van der Waals surface area contributed by atoms with Crippen LogP contribution in [0.15, 0.2) is 5.16 Å². The van der Waals surface area contributed by atoms with Gasteiger partial charge in [0.05, 0.1) is 12.3 Å². The van der Waals surface area contributed by atoms with Gasteiger partial charge in [-0.05, 0) is 6.42 Å². The van der Waals surface area contributed by atoms with E-state index in [2.05, 4.69) is 9.99 Å². The molecule has 0 aromatic heterocycles. The van der Waals surface area contributed by atoms with Gasteiger partial charge in [-0.25, -0.2) is 4.79 Å². The quantitative estimate of drug-likeness (QED) is 0.471. The summed E-state index contributed by atoms with van der Waals surface area (Å²) in [6, 6.07) is 0. The van der Waals surface area contributed by atoms with Crippen LogP contribution in [0, 0.1) is 0 Å². The molecule has 0 radical (unpaired) electrons. The topological polar surface area (TPSA) is 68.1 Å². The Morgan fingerprint density at radius 3 is 2.58 bits per heavy atom. The third-order valence-electron chi connectivity index (χ3n) is 1.10. The predicted molar refractivity (Wildman–Crippen MR) is 43.2 cm³/mol. The van der Waals surface area contributed by atoms with E-state index in [0.29, 0.717) is 18.7 Å². The minimum atomic E-state index is -1.04. The van der Waals surface area contributed by atoms with E-state index in [1.165, 1.54) is 0 Å². The average molecular weight is 175 g/mol. The van der Waals surface area contributed by atoms with E-state index in [1.54, 1.807) is 7.11 Å². The highest BCUT2D eigenvalue weighted by Crippen LogP contribution is 1.88. The SMILES string of the molecule is CCC(COC)=NOCC(=O)O. The third-order valence-corrected chi connectivity index (χ3v) is 1.10. The van der Waals surface area contributed by atoms with Crippen LogP contribution in [0.1, 0.15) is 13.3 Å². The fraction of sp³-hybridized carbons (Fsp3) is 0.714. The van der Waals surface area contributed by atoms with Crippen LogP contribution < -0.4 is 0 Å². The van der Waals surface area contributed by atoms with Crippen molar-refractivity contribution in [1.29, 1.82) is 0 Å². The number of carboxylic acid groups (broad SMARTS) is 1. The molecule has 12 heavy (non-hydrogen) atoms. The number of rotatable bonds is 6. The Bertz CT molecular complexity index is 167. The van der Waals surface area contributed by atoms with Gasteiger partial charge in [0, 0.05) is 7.11 Å². The molecule has 0 atom stereocenters. The van der Waals surface area contributed by atoms with Gasteiger partial charge in [-0.2, -0.15) is 0 Å². The van der Waals surface area contributed by atoms with E-state index in [1.807, 2.05) is 6.92 Å². The molecule has 0 spiro atoms. The van der Waals surface area contributed by atoms with Gasteiger partial charge in [0.15, 0.2) is 0 Å². The van der Waals surface area contributed by atoms with E-state index in [0.717, 1.165) is 0 Å². The van der Waals surface area contributed by atoms with Gasteiger partial charge >= 0.3 is 5.97 Å². The molecule has 0 saturated heterocycles. The zero-order valence-electron chi connectivity index (χ0n) is 7.24. The summed E-state index contributed by atoms with van der Waals surface area (Å²) in [7, 11) is 1.54. The van der Waals surface area contributed by atoms with E-state index < -0.39 is 12.6 Å². The highest BCUT2D eigenvalue weighted by Gasteiger charge is 1.98. The summed E-state index contributed by atoms with van der Waals surface area (Å²) < 4.78 is 4.79. The van der Waals surface area contributed by atoms with Crippen LogP contribution in [-0.2, 0) is 14.4 Å². The molecule has 0 bridgehead atoms. The minimum absolute atomic E-state index is 0.371. The maximum Gasteiger partial charge on any atom is 0.344 e. The second-order valence-electron chi connectivity index (χ2n) is 2.11. The second-order valence-corrected chi connectivity index (χ2v) is 2.11. The first-order valence-corrected chi connectivity index (χ1v) is 3.59.